The van der Waals surface area contributed by atoms with Crippen molar-refractivity contribution in [3.63, 3.8) is 0 Å². The van der Waals surface area contributed by atoms with Crippen LogP contribution in [0.1, 0.15) is 11.3 Å². The van der Waals surface area contributed by atoms with Crippen molar-refractivity contribution in [1.29, 1.82) is 0 Å². The van der Waals surface area contributed by atoms with Crippen LogP contribution in [0.5, 0.6) is 0 Å². The third kappa shape index (κ3) is 3.53. The maximum Gasteiger partial charge on any atom is 0.417 e. The highest BCUT2D eigenvalue weighted by atomic mass is 35.5. The highest BCUT2D eigenvalue weighted by Crippen LogP contribution is 2.28. The zero-order valence-electron chi connectivity index (χ0n) is 10.5. The second-order valence-corrected chi connectivity index (χ2v) is 4.56. The summed E-state index contributed by atoms with van der Waals surface area (Å²) in [5.74, 6) is 5.49. The van der Waals surface area contributed by atoms with Crippen molar-refractivity contribution < 1.29 is 13.2 Å². The first kappa shape index (κ1) is 15.3. The second-order valence-electron chi connectivity index (χ2n) is 4.15. The summed E-state index contributed by atoms with van der Waals surface area (Å²) >= 11 is 5.92. The molecule has 0 aromatic carbocycles. The number of nitrogens with zero attached hydrogens (tertiary/aromatic N) is 2. The van der Waals surface area contributed by atoms with E-state index < -0.39 is 17.3 Å². The molecule has 0 saturated carbocycles. The molecule has 0 atom stereocenters. The molecule has 2 aromatic rings. The third-order valence-electron chi connectivity index (χ3n) is 2.70. The topological polar surface area (TPSA) is 72.9 Å². The minimum absolute atomic E-state index is 0.197. The van der Waals surface area contributed by atoms with Crippen molar-refractivity contribution >= 4 is 17.4 Å². The number of pyridine rings is 2. The van der Waals surface area contributed by atoms with Gasteiger partial charge < -0.3 is 9.99 Å². The van der Waals surface area contributed by atoms with Crippen LogP contribution in [-0.4, -0.2) is 9.55 Å². The van der Waals surface area contributed by atoms with E-state index >= 15 is 0 Å². The Bertz CT molecular complexity index is 714. The van der Waals surface area contributed by atoms with Gasteiger partial charge in [0.2, 0.25) is 0 Å². The van der Waals surface area contributed by atoms with Crippen LogP contribution in [0.2, 0.25) is 5.02 Å². The van der Waals surface area contributed by atoms with Gasteiger partial charge in [0.1, 0.15) is 5.82 Å². The molecule has 0 saturated heterocycles. The van der Waals surface area contributed by atoms with Gasteiger partial charge in [-0.05, 0) is 18.2 Å². The highest BCUT2D eigenvalue weighted by molar-refractivity contribution is 6.31. The van der Waals surface area contributed by atoms with E-state index in [-0.39, 0.29) is 23.1 Å². The molecule has 112 valence electrons. The maximum absolute atomic E-state index is 12.7. The fourth-order valence-electron chi connectivity index (χ4n) is 1.66. The second kappa shape index (κ2) is 5.74. The van der Waals surface area contributed by atoms with E-state index in [0.717, 1.165) is 22.9 Å². The quantitative estimate of drug-likeness (QED) is 0.672. The van der Waals surface area contributed by atoms with Crippen molar-refractivity contribution in [2.75, 3.05) is 5.43 Å². The van der Waals surface area contributed by atoms with Crippen LogP contribution in [0.4, 0.5) is 19.0 Å². The average molecular weight is 319 g/mol. The van der Waals surface area contributed by atoms with Crippen molar-refractivity contribution in [2.45, 2.75) is 12.7 Å². The van der Waals surface area contributed by atoms with Crippen LogP contribution in [0.25, 0.3) is 0 Å². The summed E-state index contributed by atoms with van der Waals surface area (Å²) in [5, 5.41) is 0.221. The Labute approximate surface area is 122 Å². The number of rotatable bonds is 3. The molecule has 0 aliphatic rings. The van der Waals surface area contributed by atoms with Gasteiger partial charge in [-0.3, -0.25) is 4.79 Å². The van der Waals surface area contributed by atoms with E-state index in [1.165, 1.54) is 12.1 Å². The molecule has 0 unspecified atom stereocenters. The maximum atomic E-state index is 12.7. The Kier molecular flexibility index (Phi) is 4.19. The monoisotopic (exact) mass is 318 g/mol. The van der Waals surface area contributed by atoms with Crippen molar-refractivity contribution in [1.82, 2.24) is 9.55 Å². The van der Waals surface area contributed by atoms with E-state index in [4.69, 9.17) is 17.4 Å². The number of hydrogen-bond donors (Lipinski definition) is 2. The molecule has 2 aromatic heterocycles. The summed E-state index contributed by atoms with van der Waals surface area (Å²) in [6.07, 6.45) is -3.81. The smallest absolute Gasteiger partial charge is 0.309 e. The lowest BCUT2D eigenvalue weighted by atomic mass is 10.2. The molecule has 21 heavy (non-hydrogen) atoms. The van der Waals surface area contributed by atoms with Crippen molar-refractivity contribution in [3.05, 3.63) is 57.1 Å². The Morgan fingerprint density at radius 3 is 2.62 bits per heavy atom. The Morgan fingerprint density at radius 1 is 1.29 bits per heavy atom. The first-order valence-corrected chi connectivity index (χ1v) is 6.09. The van der Waals surface area contributed by atoms with E-state index in [2.05, 4.69) is 10.4 Å². The highest BCUT2D eigenvalue weighted by Gasteiger charge is 2.31. The SMILES string of the molecule is NNc1ccc(Cl)c(Cn2cc(C(F)(F)F)ccc2=O)n1. The van der Waals surface area contributed by atoms with E-state index in [9.17, 15) is 18.0 Å². The Morgan fingerprint density at radius 2 is 2.00 bits per heavy atom. The molecule has 9 heteroatoms. The Hall–Kier alpha value is -2.06. The minimum atomic E-state index is -4.53. The average Bonchev–Trinajstić information content (AvgIpc) is 2.42. The van der Waals surface area contributed by atoms with Crippen LogP contribution in [0, 0.1) is 0 Å². The predicted molar refractivity (Wildman–Crippen MR) is 71.9 cm³/mol. The molecular weight excluding hydrogens is 309 g/mol. The zero-order valence-corrected chi connectivity index (χ0v) is 11.2. The predicted octanol–water partition coefficient (Wildman–Crippen LogP) is 2.25. The molecule has 0 fully saturated rings. The summed E-state index contributed by atoms with van der Waals surface area (Å²) in [6, 6.07) is 4.56. The largest absolute Gasteiger partial charge is 0.417 e. The van der Waals surface area contributed by atoms with Gasteiger partial charge in [0.05, 0.1) is 22.8 Å². The molecule has 2 rings (SSSR count). The lowest BCUT2D eigenvalue weighted by Gasteiger charge is -2.11. The van der Waals surface area contributed by atoms with E-state index in [1.54, 1.807) is 0 Å². The molecule has 2 heterocycles. The summed E-state index contributed by atoms with van der Waals surface area (Å²) in [5.41, 5.74) is 1.01. The van der Waals surface area contributed by atoms with Crippen LogP contribution >= 0.6 is 11.6 Å². The van der Waals surface area contributed by atoms with Crippen LogP contribution in [0.3, 0.4) is 0 Å². The third-order valence-corrected chi connectivity index (χ3v) is 3.04. The summed E-state index contributed by atoms with van der Waals surface area (Å²) in [6.45, 7) is -0.197. The molecule has 0 aliphatic heterocycles. The fourth-order valence-corrected chi connectivity index (χ4v) is 1.82. The van der Waals surface area contributed by atoms with Gasteiger partial charge in [-0.2, -0.15) is 13.2 Å². The summed E-state index contributed by atoms with van der Waals surface area (Å²) < 4.78 is 38.8. The number of aromatic nitrogens is 2. The number of anilines is 1. The molecule has 0 amide bonds. The standard InChI is InChI=1S/C12H10ClF3N4O/c13-8-2-3-10(19-17)18-9(8)6-20-5-7(12(14,15)16)1-4-11(20)21/h1-5H,6,17H2,(H,18,19). The molecule has 0 spiro atoms. The Balaban J connectivity index is 2.42. The number of nitrogen functional groups attached to an aromatic ring is 1. The number of nitrogens with two attached hydrogens (primary N) is 1. The van der Waals surface area contributed by atoms with Gasteiger partial charge in [0.25, 0.3) is 5.56 Å². The molecular formula is C12H10ClF3N4O. The molecule has 5 nitrogen and oxygen atoms in total. The van der Waals surface area contributed by atoms with Gasteiger partial charge in [-0.15, -0.1) is 0 Å². The van der Waals surface area contributed by atoms with Crippen LogP contribution < -0.4 is 16.8 Å². The summed E-state index contributed by atoms with van der Waals surface area (Å²) in [4.78, 5) is 15.7. The van der Waals surface area contributed by atoms with Gasteiger partial charge in [-0.25, -0.2) is 10.8 Å². The fraction of sp³-hybridized carbons (Fsp3) is 0.167. The normalized spacial score (nSPS) is 11.5. The molecule has 0 radical (unpaired) electrons. The zero-order chi connectivity index (χ0) is 15.6. The molecule has 0 aliphatic carbocycles. The van der Waals surface area contributed by atoms with Gasteiger partial charge in [0.15, 0.2) is 0 Å². The van der Waals surface area contributed by atoms with Crippen molar-refractivity contribution in [2.24, 2.45) is 5.84 Å². The summed E-state index contributed by atoms with van der Waals surface area (Å²) in [7, 11) is 0. The van der Waals surface area contributed by atoms with Gasteiger partial charge in [0, 0.05) is 12.3 Å². The molecule has 0 bridgehead atoms. The van der Waals surface area contributed by atoms with E-state index in [0.29, 0.717) is 0 Å². The number of hydrazine groups is 1. The molecule has 3 N–H and O–H groups in total. The van der Waals surface area contributed by atoms with Gasteiger partial charge >= 0.3 is 6.18 Å². The van der Waals surface area contributed by atoms with Crippen LogP contribution in [-0.2, 0) is 12.7 Å². The number of alkyl halides is 3. The first-order valence-electron chi connectivity index (χ1n) is 5.71. The number of halogens is 4. The number of nitrogens with one attached hydrogen (secondary N) is 1. The van der Waals surface area contributed by atoms with Gasteiger partial charge in [-0.1, -0.05) is 11.6 Å². The number of hydrogen-bond acceptors (Lipinski definition) is 4. The lowest BCUT2D eigenvalue weighted by molar-refractivity contribution is -0.138. The van der Waals surface area contributed by atoms with Crippen molar-refractivity contribution in [3.8, 4) is 0 Å². The lowest BCUT2D eigenvalue weighted by Crippen LogP contribution is -2.22. The first-order chi connectivity index (χ1) is 9.81. The van der Waals surface area contributed by atoms with Crippen LogP contribution in [0.15, 0.2) is 35.3 Å². The minimum Gasteiger partial charge on any atom is -0.309 e. The van der Waals surface area contributed by atoms with E-state index in [1.807, 2.05) is 0 Å².